The molecule has 9 heteroatoms. The van der Waals surface area contributed by atoms with Crippen molar-refractivity contribution in [1.29, 1.82) is 0 Å². The highest BCUT2D eigenvalue weighted by atomic mass is 19.1. The van der Waals surface area contributed by atoms with Gasteiger partial charge in [0.2, 0.25) is 0 Å². The Labute approximate surface area is 167 Å². The molecule has 0 unspecified atom stereocenters. The molecule has 1 aliphatic carbocycles. The number of carbonyl (C=O) groups excluding carboxylic acids is 1. The van der Waals surface area contributed by atoms with Crippen LogP contribution in [0.1, 0.15) is 27.4 Å². The van der Waals surface area contributed by atoms with Gasteiger partial charge in [-0.05, 0) is 18.9 Å². The lowest BCUT2D eigenvalue weighted by molar-refractivity contribution is -0.138. The first kappa shape index (κ1) is 18.8. The summed E-state index contributed by atoms with van der Waals surface area (Å²) < 4.78 is 37.9. The fourth-order valence-corrected chi connectivity index (χ4v) is 4.11. The molecule has 0 spiro atoms. The zero-order chi connectivity index (χ0) is 20.0. The van der Waals surface area contributed by atoms with Crippen LogP contribution < -0.4 is 5.32 Å². The summed E-state index contributed by atoms with van der Waals surface area (Å²) >= 11 is 0. The number of furan rings is 1. The van der Waals surface area contributed by atoms with Crippen molar-refractivity contribution in [2.24, 2.45) is 0 Å². The predicted octanol–water partition coefficient (Wildman–Crippen LogP) is 1.43. The van der Waals surface area contributed by atoms with Crippen LogP contribution in [-0.4, -0.2) is 67.0 Å². The minimum absolute atomic E-state index is 0.105. The van der Waals surface area contributed by atoms with E-state index in [1.165, 1.54) is 0 Å². The average Bonchev–Trinajstić information content (AvgIpc) is 3.26. The first-order valence-electron chi connectivity index (χ1n) is 9.95. The SMILES string of the molecule is Cc1c(C(=O)NC[C@@H]2COCCO2)oc2c1-c1nn(CC3(F)COC3)cc1CC2. The zero-order valence-electron chi connectivity index (χ0n) is 16.3. The molecule has 8 nitrogen and oxygen atoms in total. The summed E-state index contributed by atoms with van der Waals surface area (Å²) in [5.74, 6) is 0.773. The average molecular weight is 405 g/mol. The Morgan fingerprint density at radius 1 is 1.34 bits per heavy atom. The van der Waals surface area contributed by atoms with E-state index in [1.807, 2.05) is 13.1 Å². The van der Waals surface area contributed by atoms with Crippen molar-refractivity contribution < 1.29 is 27.8 Å². The number of aromatic nitrogens is 2. The highest BCUT2D eigenvalue weighted by Gasteiger charge is 2.40. The van der Waals surface area contributed by atoms with Gasteiger partial charge in [-0.1, -0.05) is 0 Å². The van der Waals surface area contributed by atoms with Crippen LogP contribution in [0, 0.1) is 6.92 Å². The largest absolute Gasteiger partial charge is 0.455 e. The molecule has 0 aromatic carbocycles. The topological polar surface area (TPSA) is 87.8 Å². The molecule has 0 radical (unpaired) electrons. The molecule has 29 heavy (non-hydrogen) atoms. The normalized spacial score (nSPS) is 22.5. The summed E-state index contributed by atoms with van der Waals surface area (Å²) in [7, 11) is 0. The van der Waals surface area contributed by atoms with Gasteiger partial charge < -0.3 is 23.9 Å². The molecule has 2 aromatic rings. The van der Waals surface area contributed by atoms with E-state index in [9.17, 15) is 9.18 Å². The van der Waals surface area contributed by atoms with E-state index in [0.29, 0.717) is 38.5 Å². The second-order valence-electron chi connectivity index (χ2n) is 7.98. The number of nitrogens with zero attached hydrogens (tertiary/aromatic N) is 2. The fourth-order valence-electron chi connectivity index (χ4n) is 4.11. The number of fused-ring (bicyclic) bond motifs is 3. The van der Waals surface area contributed by atoms with Crippen molar-refractivity contribution in [3.63, 3.8) is 0 Å². The number of alkyl halides is 1. The summed E-state index contributed by atoms with van der Waals surface area (Å²) in [4.78, 5) is 12.7. The lowest BCUT2D eigenvalue weighted by Crippen LogP contribution is -2.48. The van der Waals surface area contributed by atoms with Crippen LogP contribution in [0.2, 0.25) is 0 Å². The van der Waals surface area contributed by atoms with Gasteiger partial charge in [-0.2, -0.15) is 5.10 Å². The van der Waals surface area contributed by atoms with Crippen LogP contribution in [0.15, 0.2) is 10.6 Å². The smallest absolute Gasteiger partial charge is 0.287 e. The molecular weight excluding hydrogens is 381 g/mol. The van der Waals surface area contributed by atoms with Gasteiger partial charge in [0.15, 0.2) is 11.4 Å². The number of hydrogen-bond donors (Lipinski definition) is 1. The van der Waals surface area contributed by atoms with E-state index < -0.39 is 5.67 Å². The van der Waals surface area contributed by atoms with Gasteiger partial charge in [0.05, 0.1) is 51.4 Å². The molecule has 1 amide bonds. The summed E-state index contributed by atoms with van der Waals surface area (Å²) in [5.41, 5.74) is 2.08. The maximum absolute atomic E-state index is 14.4. The number of aryl methyl sites for hydroxylation is 2. The number of nitrogens with one attached hydrogen (secondary N) is 1. The minimum atomic E-state index is -1.35. The third-order valence-electron chi connectivity index (χ3n) is 5.66. The molecule has 3 aliphatic rings. The van der Waals surface area contributed by atoms with Gasteiger partial charge >= 0.3 is 0 Å². The summed E-state index contributed by atoms with van der Waals surface area (Å²) in [5, 5.41) is 7.47. The Bertz CT molecular complexity index is 927. The number of amides is 1. The number of ether oxygens (including phenoxy) is 3. The predicted molar refractivity (Wildman–Crippen MR) is 99.6 cm³/mol. The number of halogens is 1. The Balaban J connectivity index is 1.35. The number of carbonyl (C=O) groups is 1. The molecule has 156 valence electrons. The molecule has 4 heterocycles. The van der Waals surface area contributed by atoms with Crippen molar-refractivity contribution in [2.75, 3.05) is 39.6 Å². The van der Waals surface area contributed by atoms with Gasteiger partial charge in [0.25, 0.3) is 5.91 Å². The van der Waals surface area contributed by atoms with Crippen LogP contribution in [0.5, 0.6) is 0 Å². The van der Waals surface area contributed by atoms with Gasteiger partial charge in [0, 0.05) is 30.3 Å². The Kier molecular flexibility index (Phi) is 4.68. The minimum Gasteiger partial charge on any atom is -0.455 e. The summed E-state index contributed by atoms with van der Waals surface area (Å²) in [6.07, 6.45) is 3.18. The van der Waals surface area contributed by atoms with Crippen molar-refractivity contribution in [3.8, 4) is 11.3 Å². The van der Waals surface area contributed by atoms with Gasteiger partial charge in [-0.3, -0.25) is 9.48 Å². The van der Waals surface area contributed by atoms with Crippen LogP contribution in [0.3, 0.4) is 0 Å². The van der Waals surface area contributed by atoms with Crippen LogP contribution in [0.25, 0.3) is 11.3 Å². The maximum Gasteiger partial charge on any atom is 0.287 e. The molecule has 2 aromatic heterocycles. The van der Waals surface area contributed by atoms with Gasteiger partial charge in [-0.25, -0.2) is 4.39 Å². The lowest BCUT2D eigenvalue weighted by atomic mass is 9.93. The standard InChI is InChI=1S/C20H24FN3O5/c1-12-16-15(29-18(12)19(25)22-6-14-8-26-4-5-28-14)3-2-13-7-24(23-17(13)16)9-20(21)10-27-11-20/h7,14H,2-6,8-11H2,1H3,(H,22,25)/t14-/m1/s1. The first-order valence-corrected chi connectivity index (χ1v) is 9.95. The number of rotatable bonds is 5. The molecule has 0 saturated carbocycles. The molecule has 2 fully saturated rings. The highest BCUT2D eigenvalue weighted by Crippen LogP contribution is 2.38. The van der Waals surface area contributed by atoms with E-state index >= 15 is 0 Å². The van der Waals surface area contributed by atoms with Crippen molar-refractivity contribution >= 4 is 5.91 Å². The summed E-state index contributed by atoms with van der Waals surface area (Å²) in [6, 6.07) is 0. The monoisotopic (exact) mass is 405 g/mol. The second kappa shape index (κ2) is 7.23. The molecule has 0 bridgehead atoms. The number of hydrogen-bond acceptors (Lipinski definition) is 6. The Hall–Kier alpha value is -2.23. The van der Waals surface area contributed by atoms with Gasteiger partial charge in [0.1, 0.15) is 5.76 Å². The van der Waals surface area contributed by atoms with Crippen molar-refractivity contribution in [1.82, 2.24) is 15.1 Å². The molecule has 1 N–H and O–H groups in total. The van der Waals surface area contributed by atoms with Gasteiger partial charge in [-0.15, -0.1) is 0 Å². The van der Waals surface area contributed by atoms with Crippen LogP contribution >= 0.6 is 0 Å². The third kappa shape index (κ3) is 3.47. The van der Waals surface area contributed by atoms with E-state index in [1.54, 1.807) is 4.68 Å². The van der Waals surface area contributed by atoms with Crippen molar-refractivity contribution in [2.45, 2.75) is 38.1 Å². The zero-order valence-corrected chi connectivity index (χ0v) is 16.3. The molecule has 5 rings (SSSR count). The van der Waals surface area contributed by atoms with E-state index in [0.717, 1.165) is 34.6 Å². The molecule has 2 aliphatic heterocycles. The van der Waals surface area contributed by atoms with E-state index in [-0.39, 0.29) is 31.8 Å². The Morgan fingerprint density at radius 2 is 2.21 bits per heavy atom. The highest BCUT2D eigenvalue weighted by molar-refractivity contribution is 5.95. The van der Waals surface area contributed by atoms with E-state index in [4.69, 9.17) is 18.6 Å². The third-order valence-corrected chi connectivity index (χ3v) is 5.66. The first-order chi connectivity index (χ1) is 14.0. The second-order valence-corrected chi connectivity index (χ2v) is 7.98. The fraction of sp³-hybridized carbons (Fsp3) is 0.600. The quantitative estimate of drug-likeness (QED) is 0.810. The lowest BCUT2D eigenvalue weighted by Gasteiger charge is -2.33. The Morgan fingerprint density at radius 3 is 2.93 bits per heavy atom. The molecule has 1 atom stereocenters. The van der Waals surface area contributed by atoms with Crippen LogP contribution in [0.4, 0.5) is 4.39 Å². The molecular formula is C20H24FN3O5. The van der Waals surface area contributed by atoms with Crippen molar-refractivity contribution in [3.05, 3.63) is 28.8 Å². The maximum atomic E-state index is 14.4. The van der Waals surface area contributed by atoms with E-state index in [2.05, 4.69) is 10.4 Å². The summed E-state index contributed by atoms with van der Waals surface area (Å²) in [6.45, 7) is 4.19. The van der Waals surface area contributed by atoms with Crippen LogP contribution in [-0.2, 0) is 33.6 Å². The molecule has 2 saturated heterocycles.